The fraction of sp³-hybridized carbons (Fsp3) is 0.467. The monoisotopic (exact) mass is 310 g/mol. The average molecular weight is 311 g/mol. The number of benzene rings is 1. The Kier molecular flexibility index (Phi) is 5.20. The molecule has 5 nitrogen and oxygen atoms in total. The van der Waals surface area contributed by atoms with E-state index in [2.05, 4.69) is 5.32 Å². The first-order chi connectivity index (χ1) is 9.99. The number of carbonyl (C=O) groups excluding carboxylic acids is 1. The van der Waals surface area contributed by atoms with Gasteiger partial charge in [0.25, 0.3) is 0 Å². The summed E-state index contributed by atoms with van der Waals surface area (Å²) in [6.45, 7) is 0. The van der Waals surface area contributed by atoms with Gasteiger partial charge in [0.1, 0.15) is 0 Å². The summed E-state index contributed by atoms with van der Waals surface area (Å²) in [5, 5.41) is 11.9. The lowest BCUT2D eigenvalue weighted by molar-refractivity contribution is -0.120. The number of amides is 1. The molecular weight excluding hydrogens is 292 g/mol. The summed E-state index contributed by atoms with van der Waals surface area (Å²) < 4.78 is 0. The lowest BCUT2D eigenvalue weighted by Gasteiger charge is -2.21. The number of carboxylic acids is 1. The summed E-state index contributed by atoms with van der Waals surface area (Å²) in [5.41, 5.74) is 6.57. The highest BCUT2D eigenvalue weighted by molar-refractivity contribution is 6.34. The molecule has 1 aliphatic carbocycles. The molecule has 1 fully saturated rings. The molecule has 1 aromatic carbocycles. The number of hydrogen-bond donors (Lipinski definition) is 3. The van der Waals surface area contributed by atoms with E-state index >= 15 is 0 Å². The number of anilines is 1. The molecule has 4 N–H and O–H groups in total. The van der Waals surface area contributed by atoms with Gasteiger partial charge in [0.15, 0.2) is 0 Å². The van der Waals surface area contributed by atoms with Crippen molar-refractivity contribution in [1.29, 1.82) is 0 Å². The van der Waals surface area contributed by atoms with Gasteiger partial charge in [0, 0.05) is 6.04 Å². The number of aromatic carboxylic acids is 1. The molecule has 2 atom stereocenters. The van der Waals surface area contributed by atoms with Crippen molar-refractivity contribution in [3.8, 4) is 0 Å². The Morgan fingerprint density at radius 2 is 1.95 bits per heavy atom. The highest BCUT2D eigenvalue weighted by Gasteiger charge is 2.27. The Bertz CT molecular complexity index is 548. The second-order valence-electron chi connectivity index (χ2n) is 5.40. The molecule has 21 heavy (non-hydrogen) atoms. The van der Waals surface area contributed by atoms with Crippen LogP contribution >= 0.6 is 11.6 Å². The van der Waals surface area contributed by atoms with Gasteiger partial charge in [-0.05, 0) is 31.0 Å². The van der Waals surface area contributed by atoms with E-state index < -0.39 is 5.97 Å². The fourth-order valence-electron chi connectivity index (χ4n) is 2.64. The first-order valence-corrected chi connectivity index (χ1v) is 7.46. The van der Waals surface area contributed by atoms with Crippen LogP contribution in [-0.2, 0) is 4.79 Å². The largest absolute Gasteiger partial charge is 0.478 e. The minimum absolute atomic E-state index is 0.0872. The predicted octanol–water partition coefficient (Wildman–Crippen LogP) is 2.88. The lowest BCUT2D eigenvalue weighted by Crippen LogP contribution is -2.37. The van der Waals surface area contributed by atoms with Gasteiger partial charge in [-0.25, -0.2) is 4.79 Å². The zero-order valence-corrected chi connectivity index (χ0v) is 12.4. The molecule has 0 bridgehead atoms. The molecule has 0 heterocycles. The van der Waals surface area contributed by atoms with E-state index in [9.17, 15) is 9.59 Å². The van der Waals surface area contributed by atoms with Gasteiger partial charge in [0.05, 0.1) is 22.2 Å². The normalized spacial score (nSPS) is 22.4. The van der Waals surface area contributed by atoms with Crippen molar-refractivity contribution in [2.45, 2.75) is 38.1 Å². The minimum Gasteiger partial charge on any atom is -0.478 e. The lowest BCUT2D eigenvalue weighted by atomic mass is 9.94. The zero-order valence-electron chi connectivity index (χ0n) is 11.6. The molecule has 1 aliphatic rings. The number of rotatable bonds is 3. The van der Waals surface area contributed by atoms with Gasteiger partial charge in [-0.3, -0.25) is 4.79 Å². The maximum Gasteiger partial charge on any atom is 0.335 e. The second-order valence-corrected chi connectivity index (χ2v) is 5.80. The van der Waals surface area contributed by atoms with Crippen molar-refractivity contribution >= 4 is 29.2 Å². The number of nitrogens with two attached hydrogens (primary N) is 1. The first kappa shape index (κ1) is 15.8. The third-order valence-corrected chi connectivity index (χ3v) is 4.19. The smallest absolute Gasteiger partial charge is 0.335 e. The van der Waals surface area contributed by atoms with Crippen molar-refractivity contribution in [2.75, 3.05) is 5.32 Å². The molecule has 1 aromatic rings. The molecule has 1 saturated carbocycles. The molecule has 6 heteroatoms. The summed E-state index contributed by atoms with van der Waals surface area (Å²) in [4.78, 5) is 23.2. The highest BCUT2D eigenvalue weighted by atomic mass is 35.5. The Hall–Kier alpha value is -1.59. The number of carbonyl (C=O) groups is 2. The minimum atomic E-state index is -1.06. The topological polar surface area (TPSA) is 92.4 Å². The van der Waals surface area contributed by atoms with Crippen molar-refractivity contribution in [3.63, 3.8) is 0 Å². The van der Waals surface area contributed by atoms with Gasteiger partial charge < -0.3 is 16.2 Å². The average Bonchev–Trinajstić information content (AvgIpc) is 2.65. The van der Waals surface area contributed by atoms with Crippen LogP contribution in [0.25, 0.3) is 0 Å². The number of hydrogen-bond acceptors (Lipinski definition) is 3. The summed E-state index contributed by atoms with van der Waals surface area (Å²) in [5.74, 6) is -1.42. The SMILES string of the molecule is NC1CCCCCC1C(=O)Nc1ccc(C(=O)O)cc1Cl. The summed E-state index contributed by atoms with van der Waals surface area (Å²) in [6, 6.07) is 4.11. The third kappa shape index (κ3) is 3.95. The van der Waals surface area contributed by atoms with Crippen LogP contribution in [0.2, 0.25) is 5.02 Å². The number of halogens is 1. The molecule has 1 amide bonds. The zero-order chi connectivity index (χ0) is 15.4. The van der Waals surface area contributed by atoms with Crippen molar-refractivity contribution in [3.05, 3.63) is 28.8 Å². The maximum atomic E-state index is 12.3. The van der Waals surface area contributed by atoms with E-state index in [-0.39, 0.29) is 28.5 Å². The van der Waals surface area contributed by atoms with Gasteiger partial charge >= 0.3 is 5.97 Å². The second kappa shape index (κ2) is 6.91. The molecule has 0 aromatic heterocycles. The van der Waals surface area contributed by atoms with Crippen molar-refractivity contribution in [1.82, 2.24) is 0 Å². The molecule has 2 unspecified atom stereocenters. The van der Waals surface area contributed by atoms with Crippen molar-refractivity contribution in [2.24, 2.45) is 11.7 Å². The quantitative estimate of drug-likeness (QED) is 0.748. The maximum absolute atomic E-state index is 12.3. The Morgan fingerprint density at radius 3 is 2.62 bits per heavy atom. The fourth-order valence-corrected chi connectivity index (χ4v) is 2.86. The Labute approximate surface area is 128 Å². The molecule has 0 aliphatic heterocycles. The van der Waals surface area contributed by atoms with E-state index in [1.54, 1.807) is 0 Å². The molecular formula is C15H19ClN2O3. The van der Waals surface area contributed by atoms with Gasteiger partial charge in [-0.1, -0.05) is 30.9 Å². The predicted molar refractivity (Wildman–Crippen MR) is 81.6 cm³/mol. The summed E-state index contributed by atoms with van der Waals surface area (Å²) in [7, 11) is 0. The van der Waals surface area contributed by atoms with Gasteiger partial charge in [-0.15, -0.1) is 0 Å². The first-order valence-electron chi connectivity index (χ1n) is 7.08. The van der Waals surface area contributed by atoms with E-state index in [1.165, 1.54) is 18.2 Å². The van der Waals surface area contributed by atoms with E-state index in [1.807, 2.05) is 0 Å². The van der Waals surface area contributed by atoms with Crippen LogP contribution < -0.4 is 11.1 Å². The number of carboxylic acid groups (broad SMARTS) is 1. The number of nitrogens with one attached hydrogen (secondary N) is 1. The van der Waals surface area contributed by atoms with E-state index in [0.717, 1.165) is 32.1 Å². The molecule has 2 rings (SSSR count). The van der Waals surface area contributed by atoms with Crippen LogP contribution in [0.5, 0.6) is 0 Å². The highest BCUT2D eigenvalue weighted by Crippen LogP contribution is 2.27. The molecule has 0 radical (unpaired) electrons. The van der Waals surface area contributed by atoms with Crippen LogP contribution in [0.4, 0.5) is 5.69 Å². The van der Waals surface area contributed by atoms with E-state index in [0.29, 0.717) is 5.69 Å². The Morgan fingerprint density at radius 1 is 1.24 bits per heavy atom. The molecule has 0 spiro atoms. The van der Waals surface area contributed by atoms with Gasteiger partial charge in [0.2, 0.25) is 5.91 Å². The van der Waals surface area contributed by atoms with Crippen LogP contribution in [0.1, 0.15) is 42.5 Å². The van der Waals surface area contributed by atoms with Crippen LogP contribution in [0.3, 0.4) is 0 Å². The summed E-state index contributed by atoms with van der Waals surface area (Å²) in [6.07, 6.45) is 4.78. The Balaban J connectivity index is 2.10. The standard InChI is InChI=1S/C15H19ClN2O3/c16-11-8-9(15(20)21)6-7-13(11)18-14(19)10-4-2-1-3-5-12(10)17/h6-8,10,12H,1-5,17H2,(H,18,19)(H,20,21). The third-order valence-electron chi connectivity index (χ3n) is 3.88. The van der Waals surface area contributed by atoms with Crippen molar-refractivity contribution < 1.29 is 14.7 Å². The van der Waals surface area contributed by atoms with Crippen LogP contribution in [0, 0.1) is 5.92 Å². The summed E-state index contributed by atoms with van der Waals surface area (Å²) >= 11 is 6.02. The van der Waals surface area contributed by atoms with Gasteiger partial charge in [-0.2, -0.15) is 0 Å². The molecule has 114 valence electrons. The van der Waals surface area contributed by atoms with Crippen LogP contribution in [0.15, 0.2) is 18.2 Å². The van der Waals surface area contributed by atoms with Crippen LogP contribution in [-0.4, -0.2) is 23.0 Å². The van der Waals surface area contributed by atoms with E-state index in [4.69, 9.17) is 22.4 Å². The molecule has 0 saturated heterocycles.